The molecule has 1 nitrogen and oxygen atoms in total. The second-order valence-corrected chi connectivity index (χ2v) is 5.00. The molecule has 104 valence electrons. The minimum absolute atomic E-state index is 0.480. The van der Waals surface area contributed by atoms with Gasteiger partial charge in [-0.1, -0.05) is 68.4 Å². The largest absolute Gasteiger partial charge is 0.256 e. The van der Waals surface area contributed by atoms with E-state index in [1.165, 1.54) is 6.92 Å². The van der Waals surface area contributed by atoms with Gasteiger partial charge in [0.15, 0.2) is 0 Å². The second-order valence-electron chi connectivity index (χ2n) is 5.00. The van der Waals surface area contributed by atoms with Crippen LogP contribution >= 0.6 is 0 Å². The van der Waals surface area contributed by atoms with Crippen LogP contribution in [0.25, 0.3) is 22.4 Å². The van der Waals surface area contributed by atoms with Gasteiger partial charge in [0.25, 0.3) is 0 Å². The van der Waals surface area contributed by atoms with Crippen LogP contribution in [-0.2, 0) is 0 Å². The van der Waals surface area contributed by atoms with Gasteiger partial charge in [0.05, 0.1) is 5.69 Å². The summed E-state index contributed by atoms with van der Waals surface area (Å²) in [5.74, 6) is -1.63. The van der Waals surface area contributed by atoms with E-state index in [4.69, 9.17) is 5.48 Å². The van der Waals surface area contributed by atoms with Crippen molar-refractivity contribution in [3.8, 4) is 22.4 Å². The summed E-state index contributed by atoms with van der Waals surface area (Å²) < 4.78 is 30.8. The number of rotatable bonds is 3. The van der Waals surface area contributed by atoms with Crippen molar-refractivity contribution in [2.75, 3.05) is 0 Å². The van der Waals surface area contributed by atoms with Crippen LogP contribution in [0, 0.1) is 0 Å². The molecule has 0 bridgehead atoms. The predicted molar refractivity (Wildman–Crippen MR) is 89.2 cm³/mol. The van der Waals surface area contributed by atoms with Crippen LogP contribution < -0.4 is 0 Å². The number of pyridine rings is 1. The van der Waals surface area contributed by atoms with Crippen molar-refractivity contribution in [1.29, 1.82) is 0 Å². The summed E-state index contributed by atoms with van der Waals surface area (Å²) in [6.07, 6.45) is 1.77. The van der Waals surface area contributed by atoms with Crippen molar-refractivity contribution < 1.29 is 5.48 Å². The lowest BCUT2D eigenvalue weighted by atomic mass is 9.98. The van der Waals surface area contributed by atoms with Crippen LogP contribution in [0.2, 0.25) is 0 Å². The fourth-order valence-electron chi connectivity index (χ4n) is 2.29. The molecule has 0 amide bonds. The van der Waals surface area contributed by atoms with E-state index in [2.05, 4.69) is 4.98 Å². The van der Waals surface area contributed by atoms with E-state index in [1.807, 2.05) is 54.6 Å². The van der Waals surface area contributed by atoms with E-state index in [9.17, 15) is 0 Å². The Kier molecular flexibility index (Phi) is 2.68. The van der Waals surface area contributed by atoms with Crippen molar-refractivity contribution in [3.63, 3.8) is 0 Å². The van der Waals surface area contributed by atoms with Crippen LogP contribution in [0.3, 0.4) is 0 Å². The van der Waals surface area contributed by atoms with E-state index in [1.54, 1.807) is 18.3 Å². The van der Waals surface area contributed by atoms with E-state index in [0.717, 1.165) is 22.4 Å². The molecule has 1 heterocycles. The Hall–Kier alpha value is -2.41. The molecule has 0 N–H and O–H groups in total. The third-order valence-corrected chi connectivity index (χ3v) is 3.48. The summed E-state index contributed by atoms with van der Waals surface area (Å²) >= 11 is 0. The summed E-state index contributed by atoms with van der Waals surface area (Å²) in [6.45, 7) is -0.944. The Morgan fingerprint density at radius 2 is 1.67 bits per heavy atom. The van der Waals surface area contributed by atoms with Crippen molar-refractivity contribution in [3.05, 3.63) is 78.5 Å². The summed E-state index contributed by atoms with van der Waals surface area (Å²) in [5.41, 5.74) is 4.37. The first-order valence-corrected chi connectivity index (χ1v) is 6.91. The Bertz CT molecular complexity index is 853. The highest BCUT2D eigenvalue weighted by Gasteiger charge is 2.04. The topological polar surface area (TPSA) is 12.9 Å². The molecule has 3 rings (SSSR count). The van der Waals surface area contributed by atoms with Gasteiger partial charge in [0.2, 0.25) is 0 Å². The molecule has 1 unspecified atom stereocenters. The lowest BCUT2D eigenvalue weighted by Gasteiger charge is -2.08. The van der Waals surface area contributed by atoms with Crippen LogP contribution in [0.15, 0.2) is 72.9 Å². The molecule has 0 spiro atoms. The monoisotopic (exact) mass is 277 g/mol. The fourth-order valence-corrected chi connectivity index (χ4v) is 2.29. The molecule has 0 aliphatic carbocycles. The highest BCUT2D eigenvalue weighted by molar-refractivity contribution is 5.70. The minimum atomic E-state index is -2.37. The summed E-state index contributed by atoms with van der Waals surface area (Å²) in [7, 11) is 0. The van der Waals surface area contributed by atoms with Gasteiger partial charge in [-0.05, 0) is 34.7 Å². The Labute approximate surface area is 131 Å². The van der Waals surface area contributed by atoms with Crippen LogP contribution in [0.1, 0.15) is 30.7 Å². The van der Waals surface area contributed by atoms with Crippen molar-refractivity contribution in [2.24, 2.45) is 0 Å². The van der Waals surface area contributed by atoms with E-state index in [-0.39, 0.29) is 0 Å². The fraction of sp³-hybridized carbons (Fsp3) is 0.150. The third-order valence-electron chi connectivity index (χ3n) is 3.48. The molecule has 0 radical (unpaired) electrons. The summed E-state index contributed by atoms with van der Waals surface area (Å²) in [6, 6.07) is 21.0. The van der Waals surface area contributed by atoms with Gasteiger partial charge in [-0.15, -0.1) is 0 Å². The molecule has 1 aromatic heterocycles. The van der Waals surface area contributed by atoms with Gasteiger partial charge < -0.3 is 0 Å². The molecule has 3 aromatic rings. The first-order chi connectivity index (χ1) is 11.8. The normalized spacial score (nSPS) is 17.0. The standard InChI is InChI=1S/C20H19N/c1-15(2)16-8-10-17(11-9-16)19-12-13-21-20(14-19)18-6-4-3-5-7-18/h3-15H,1-2H3/i1D3,15D. The first-order valence-electron chi connectivity index (χ1n) is 8.91. The Morgan fingerprint density at radius 1 is 0.905 bits per heavy atom. The van der Waals surface area contributed by atoms with Crippen molar-refractivity contribution in [1.82, 2.24) is 4.98 Å². The lowest BCUT2D eigenvalue weighted by molar-refractivity contribution is 0.867. The van der Waals surface area contributed by atoms with E-state index in [0.29, 0.717) is 5.56 Å². The Morgan fingerprint density at radius 3 is 2.38 bits per heavy atom. The minimum Gasteiger partial charge on any atom is -0.256 e. The molecule has 0 fully saturated rings. The first kappa shape index (κ1) is 9.51. The van der Waals surface area contributed by atoms with Crippen LogP contribution in [0.5, 0.6) is 0 Å². The molecule has 2 aromatic carbocycles. The second kappa shape index (κ2) is 5.92. The number of aromatic nitrogens is 1. The van der Waals surface area contributed by atoms with Crippen LogP contribution in [-0.4, -0.2) is 4.98 Å². The maximum absolute atomic E-state index is 8.17. The average molecular weight is 277 g/mol. The number of hydrogen-bond donors (Lipinski definition) is 0. The average Bonchev–Trinajstić information content (AvgIpc) is 2.62. The van der Waals surface area contributed by atoms with Gasteiger partial charge in [-0.25, -0.2) is 0 Å². The molecule has 0 aliphatic heterocycles. The maximum atomic E-state index is 8.17. The zero-order chi connectivity index (χ0) is 18.1. The number of benzene rings is 2. The molecule has 1 atom stereocenters. The molecule has 21 heavy (non-hydrogen) atoms. The van der Waals surface area contributed by atoms with Gasteiger partial charge in [0, 0.05) is 17.2 Å². The van der Waals surface area contributed by atoms with E-state index >= 15 is 0 Å². The van der Waals surface area contributed by atoms with Gasteiger partial charge >= 0.3 is 0 Å². The molecular weight excluding hydrogens is 254 g/mol. The van der Waals surface area contributed by atoms with Gasteiger partial charge in [-0.2, -0.15) is 0 Å². The Balaban J connectivity index is 1.94. The molecule has 0 saturated carbocycles. The quantitative estimate of drug-likeness (QED) is 0.612. The molecule has 0 aliphatic rings. The SMILES string of the molecule is [2H]C([2H])([2H])C([2H])(C)c1ccc(-c2ccnc(-c3ccccc3)c2)cc1. The highest BCUT2D eigenvalue weighted by Crippen LogP contribution is 2.26. The highest BCUT2D eigenvalue weighted by atomic mass is 14.7. The van der Waals surface area contributed by atoms with Crippen molar-refractivity contribution in [2.45, 2.75) is 19.7 Å². The molecule has 0 saturated heterocycles. The van der Waals surface area contributed by atoms with Gasteiger partial charge in [0.1, 0.15) is 0 Å². The number of hydrogen-bond acceptors (Lipinski definition) is 1. The zero-order valence-electron chi connectivity index (χ0n) is 15.9. The third kappa shape index (κ3) is 3.03. The van der Waals surface area contributed by atoms with Gasteiger partial charge in [-0.3, -0.25) is 4.98 Å². The van der Waals surface area contributed by atoms with Crippen LogP contribution in [0.4, 0.5) is 0 Å². The summed E-state index contributed by atoms with van der Waals surface area (Å²) in [5, 5.41) is 0. The zero-order valence-corrected chi connectivity index (χ0v) is 11.9. The molecule has 1 heteroatoms. The van der Waals surface area contributed by atoms with E-state index < -0.39 is 12.7 Å². The number of nitrogens with zero attached hydrogens (tertiary/aromatic N) is 1. The maximum Gasteiger partial charge on any atom is 0.0708 e. The summed E-state index contributed by atoms with van der Waals surface area (Å²) in [4.78, 5) is 4.42. The lowest BCUT2D eigenvalue weighted by Crippen LogP contribution is -1.88. The smallest absolute Gasteiger partial charge is 0.0708 e. The van der Waals surface area contributed by atoms with Crippen molar-refractivity contribution >= 4 is 0 Å². The predicted octanol–water partition coefficient (Wildman–Crippen LogP) is 5.54. The molecular formula is C20H19N.